The highest BCUT2D eigenvalue weighted by atomic mass is 19.3. The first-order valence-corrected chi connectivity index (χ1v) is 6.69. The molecule has 1 amide bonds. The molecule has 1 saturated heterocycles. The average molecular weight is 282 g/mol. The number of carbonyl (C=O) groups excluding carboxylic acids is 1. The number of hydrogen-bond acceptors (Lipinski definition) is 2. The number of hydrogen-bond donors (Lipinski definition) is 0. The zero-order valence-corrected chi connectivity index (χ0v) is 11.2. The molecule has 1 aromatic rings. The summed E-state index contributed by atoms with van der Waals surface area (Å²) in [6, 6.07) is 3.12. The highest BCUT2D eigenvalue weighted by Crippen LogP contribution is 2.65. The lowest BCUT2D eigenvalue weighted by molar-refractivity contribution is 0.0283. The van der Waals surface area contributed by atoms with Crippen LogP contribution in [0.15, 0.2) is 23.1 Å². The minimum absolute atomic E-state index is 0.0604. The van der Waals surface area contributed by atoms with Crippen molar-refractivity contribution in [1.29, 1.82) is 0 Å². The van der Waals surface area contributed by atoms with E-state index < -0.39 is 11.3 Å². The zero-order valence-electron chi connectivity index (χ0n) is 11.2. The van der Waals surface area contributed by atoms with Crippen molar-refractivity contribution >= 4 is 5.91 Å². The lowest BCUT2D eigenvalue weighted by atomic mass is 9.92. The van der Waals surface area contributed by atoms with E-state index in [2.05, 4.69) is 0 Å². The maximum atomic E-state index is 13.3. The molecule has 2 aliphatic rings. The molecule has 0 radical (unpaired) electrons. The molecule has 1 saturated carbocycles. The largest absolute Gasteiger partial charge is 0.338 e. The van der Waals surface area contributed by atoms with Gasteiger partial charge in [-0.2, -0.15) is 0 Å². The quantitative estimate of drug-likeness (QED) is 0.786. The fourth-order valence-corrected chi connectivity index (χ4v) is 2.99. The first kappa shape index (κ1) is 13.3. The minimum atomic E-state index is -2.56. The number of piperidine rings is 1. The van der Waals surface area contributed by atoms with Crippen LogP contribution < -0.4 is 5.56 Å². The summed E-state index contributed by atoms with van der Waals surface area (Å²) < 4.78 is 27.9. The van der Waals surface area contributed by atoms with Gasteiger partial charge in [0.2, 0.25) is 0 Å². The molecule has 6 heteroatoms. The van der Waals surface area contributed by atoms with Gasteiger partial charge < -0.3 is 9.47 Å². The van der Waals surface area contributed by atoms with Crippen LogP contribution in [0.5, 0.6) is 0 Å². The number of aromatic nitrogens is 1. The first-order chi connectivity index (χ1) is 9.36. The van der Waals surface area contributed by atoms with Crippen LogP contribution in [0.1, 0.15) is 29.6 Å². The van der Waals surface area contributed by atoms with E-state index in [1.807, 2.05) is 0 Å². The number of pyridine rings is 1. The van der Waals surface area contributed by atoms with Crippen molar-refractivity contribution in [3.63, 3.8) is 0 Å². The Hall–Kier alpha value is -1.72. The van der Waals surface area contributed by atoms with Gasteiger partial charge in [0.1, 0.15) is 5.56 Å². The number of likely N-dealkylation sites (tertiary alicyclic amines) is 1. The van der Waals surface area contributed by atoms with Crippen molar-refractivity contribution in [3.8, 4) is 0 Å². The van der Waals surface area contributed by atoms with Crippen molar-refractivity contribution in [3.05, 3.63) is 34.2 Å². The Kier molecular flexibility index (Phi) is 2.74. The summed E-state index contributed by atoms with van der Waals surface area (Å²) in [7, 11) is 1.58. The Balaban J connectivity index is 1.74. The van der Waals surface area contributed by atoms with Gasteiger partial charge in [0.15, 0.2) is 0 Å². The molecule has 0 unspecified atom stereocenters. The van der Waals surface area contributed by atoms with E-state index in [0.717, 1.165) is 0 Å². The van der Waals surface area contributed by atoms with Gasteiger partial charge in [-0.1, -0.05) is 0 Å². The average Bonchev–Trinajstić information content (AvgIpc) is 2.93. The number of carbonyl (C=O) groups is 1. The highest BCUT2D eigenvalue weighted by Gasteiger charge is 2.70. The Morgan fingerprint density at radius 2 is 1.90 bits per heavy atom. The summed E-state index contributed by atoms with van der Waals surface area (Å²) >= 11 is 0. The van der Waals surface area contributed by atoms with Crippen LogP contribution in [0.3, 0.4) is 0 Å². The Morgan fingerprint density at radius 3 is 2.45 bits per heavy atom. The Bertz CT molecular complexity index is 616. The molecule has 3 rings (SSSR count). The van der Waals surface area contributed by atoms with Crippen molar-refractivity contribution in [2.75, 3.05) is 13.1 Å². The smallest absolute Gasteiger partial charge is 0.263 e. The number of halogens is 2. The van der Waals surface area contributed by atoms with Gasteiger partial charge >= 0.3 is 0 Å². The molecule has 1 aromatic heterocycles. The van der Waals surface area contributed by atoms with Crippen LogP contribution in [0.4, 0.5) is 8.78 Å². The number of rotatable bonds is 1. The number of nitrogens with zero attached hydrogens (tertiary/aromatic N) is 2. The molecular formula is C14H16F2N2O2. The summed E-state index contributed by atoms with van der Waals surface area (Å²) in [5.74, 6) is -2.92. The van der Waals surface area contributed by atoms with Crippen LogP contribution in [0.25, 0.3) is 0 Å². The SMILES string of the molecule is Cn1cccc(C(=O)N2CCC3(CC2)CC3(F)F)c1=O. The molecule has 1 spiro atoms. The zero-order chi connectivity index (χ0) is 14.5. The van der Waals surface area contributed by atoms with Crippen LogP contribution in [0.2, 0.25) is 0 Å². The topological polar surface area (TPSA) is 42.3 Å². The molecule has 1 aliphatic carbocycles. The molecule has 2 heterocycles. The summed E-state index contributed by atoms with van der Waals surface area (Å²) in [5, 5.41) is 0. The molecule has 0 bridgehead atoms. The summed E-state index contributed by atoms with van der Waals surface area (Å²) in [6.45, 7) is 0.596. The van der Waals surface area contributed by atoms with E-state index in [4.69, 9.17) is 0 Å². The predicted octanol–water partition coefficient (Wildman–Crippen LogP) is 1.65. The van der Waals surface area contributed by atoms with E-state index in [1.165, 1.54) is 15.5 Å². The van der Waals surface area contributed by atoms with Gasteiger partial charge in [0.25, 0.3) is 17.4 Å². The van der Waals surface area contributed by atoms with Gasteiger partial charge in [-0.05, 0) is 25.0 Å². The Labute approximate surface area is 115 Å². The second kappa shape index (κ2) is 4.14. The molecule has 4 nitrogen and oxygen atoms in total. The fraction of sp³-hybridized carbons (Fsp3) is 0.571. The molecule has 20 heavy (non-hydrogen) atoms. The summed E-state index contributed by atoms with van der Waals surface area (Å²) in [6.07, 6.45) is 2.15. The van der Waals surface area contributed by atoms with Gasteiger partial charge in [0, 0.05) is 38.2 Å². The van der Waals surface area contributed by atoms with Gasteiger partial charge in [-0.25, -0.2) is 8.78 Å². The normalized spacial score (nSPS) is 22.9. The van der Waals surface area contributed by atoms with E-state index >= 15 is 0 Å². The third-order valence-corrected chi connectivity index (χ3v) is 4.57. The molecule has 0 aromatic carbocycles. The standard InChI is InChI=1S/C14H16F2N2O2/c1-17-6-2-3-10(11(17)19)12(20)18-7-4-13(5-8-18)9-14(13,15)16/h2-3,6H,4-5,7-9H2,1H3. The molecule has 1 aliphatic heterocycles. The van der Waals surface area contributed by atoms with E-state index in [-0.39, 0.29) is 23.5 Å². The van der Waals surface area contributed by atoms with Crippen LogP contribution in [-0.4, -0.2) is 34.4 Å². The van der Waals surface area contributed by atoms with Crippen molar-refractivity contribution < 1.29 is 13.6 Å². The van der Waals surface area contributed by atoms with E-state index in [9.17, 15) is 18.4 Å². The monoisotopic (exact) mass is 282 g/mol. The summed E-state index contributed by atoms with van der Waals surface area (Å²) in [4.78, 5) is 25.7. The molecule has 0 atom stereocenters. The second-order valence-electron chi connectivity index (χ2n) is 5.79. The predicted molar refractivity (Wildman–Crippen MR) is 68.8 cm³/mol. The van der Waals surface area contributed by atoms with Crippen LogP contribution in [-0.2, 0) is 7.05 Å². The van der Waals surface area contributed by atoms with E-state index in [1.54, 1.807) is 19.3 Å². The number of amides is 1. The molecule has 0 N–H and O–H groups in total. The number of aryl methyl sites for hydroxylation is 1. The van der Waals surface area contributed by atoms with Gasteiger partial charge in [-0.3, -0.25) is 9.59 Å². The maximum absolute atomic E-state index is 13.3. The summed E-state index contributed by atoms with van der Waals surface area (Å²) in [5.41, 5.74) is -1.13. The molecule has 2 fully saturated rings. The maximum Gasteiger partial charge on any atom is 0.263 e. The fourth-order valence-electron chi connectivity index (χ4n) is 2.99. The minimum Gasteiger partial charge on any atom is -0.338 e. The second-order valence-corrected chi connectivity index (χ2v) is 5.79. The molecule has 108 valence electrons. The van der Waals surface area contributed by atoms with Gasteiger partial charge in [-0.15, -0.1) is 0 Å². The molecular weight excluding hydrogens is 266 g/mol. The van der Waals surface area contributed by atoms with E-state index in [0.29, 0.717) is 25.9 Å². The lowest BCUT2D eigenvalue weighted by Crippen LogP contribution is -2.42. The van der Waals surface area contributed by atoms with Crippen molar-refractivity contribution in [2.24, 2.45) is 12.5 Å². The Morgan fingerprint density at radius 1 is 1.30 bits per heavy atom. The highest BCUT2D eigenvalue weighted by molar-refractivity contribution is 5.93. The van der Waals surface area contributed by atoms with Crippen LogP contribution >= 0.6 is 0 Å². The third kappa shape index (κ3) is 1.85. The lowest BCUT2D eigenvalue weighted by Gasteiger charge is -2.32. The van der Waals surface area contributed by atoms with Crippen molar-refractivity contribution in [1.82, 2.24) is 9.47 Å². The van der Waals surface area contributed by atoms with Crippen LogP contribution in [0, 0.1) is 5.41 Å². The first-order valence-electron chi connectivity index (χ1n) is 6.69. The van der Waals surface area contributed by atoms with Crippen molar-refractivity contribution in [2.45, 2.75) is 25.2 Å². The van der Waals surface area contributed by atoms with Gasteiger partial charge in [0.05, 0.1) is 0 Å². The number of alkyl halides is 2. The third-order valence-electron chi connectivity index (χ3n) is 4.57.